The summed E-state index contributed by atoms with van der Waals surface area (Å²) in [5, 5.41) is 5.14. The smallest absolute Gasteiger partial charge is 0.348 e. The minimum atomic E-state index is -0.708. The number of carbonyl (C=O) groups is 1. The highest BCUT2D eigenvalue weighted by atomic mass is 32.1. The number of rotatable bonds is 5. The van der Waals surface area contributed by atoms with E-state index >= 15 is 0 Å². The third-order valence-electron chi connectivity index (χ3n) is 4.24. The molecule has 0 amide bonds. The molecular formula is C19H23NO4S. The number of anilines is 1. The largest absolute Gasteiger partial charge is 0.483 e. The molecule has 2 heterocycles. The lowest BCUT2D eigenvalue weighted by Crippen LogP contribution is -2.51. The van der Waals surface area contributed by atoms with Crippen LogP contribution in [-0.2, 0) is 9.47 Å². The number of hydrogen-bond donors (Lipinski definition) is 1. The van der Waals surface area contributed by atoms with Gasteiger partial charge in [0.05, 0.1) is 0 Å². The number of nitrogens with one attached hydrogen (secondary N) is 1. The molecule has 1 aromatic heterocycles. The molecule has 2 unspecified atom stereocenters. The molecule has 2 aromatic rings. The first kappa shape index (κ1) is 17.8. The van der Waals surface area contributed by atoms with Crippen LogP contribution in [0.5, 0.6) is 5.75 Å². The van der Waals surface area contributed by atoms with Crippen LogP contribution in [0, 0.1) is 0 Å². The normalized spacial score (nSPS) is 21.1. The summed E-state index contributed by atoms with van der Waals surface area (Å²) in [6, 6.07) is 9.48. The molecule has 0 saturated carbocycles. The van der Waals surface area contributed by atoms with Gasteiger partial charge >= 0.3 is 5.97 Å². The second-order valence-electron chi connectivity index (χ2n) is 6.45. The van der Waals surface area contributed by atoms with Crippen LogP contribution in [0.2, 0.25) is 0 Å². The second kappa shape index (κ2) is 7.06. The molecule has 3 rings (SSSR count). The second-order valence-corrected chi connectivity index (χ2v) is 7.40. The first-order valence-corrected chi connectivity index (χ1v) is 9.18. The van der Waals surface area contributed by atoms with Gasteiger partial charge in [0.2, 0.25) is 0 Å². The van der Waals surface area contributed by atoms with E-state index in [2.05, 4.69) is 5.32 Å². The number of methoxy groups -OCH3 is 1. The minimum absolute atomic E-state index is 0.356. The number of hydrogen-bond acceptors (Lipinski definition) is 6. The Labute approximate surface area is 151 Å². The Kier molecular flexibility index (Phi) is 5.01. The summed E-state index contributed by atoms with van der Waals surface area (Å²) in [5.41, 5.74) is 1.15. The topological polar surface area (TPSA) is 56.8 Å². The molecular weight excluding hydrogens is 338 g/mol. The molecule has 0 aliphatic carbocycles. The number of ether oxygens (including phenoxy) is 3. The van der Waals surface area contributed by atoms with Gasteiger partial charge in [-0.2, -0.15) is 0 Å². The fourth-order valence-corrected chi connectivity index (χ4v) is 3.67. The van der Waals surface area contributed by atoms with Gasteiger partial charge in [0.1, 0.15) is 22.3 Å². The lowest BCUT2D eigenvalue weighted by molar-refractivity contribution is -0.129. The number of thiophene rings is 1. The van der Waals surface area contributed by atoms with Crippen molar-refractivity contribution in [2.24, 2.45) is 0 Å². The number of benzene rings is 1. The average Bonchev–Trinajstić information content (AvgIpc) is 3.10. The maximum Gasteiger partial charge on any atom is 0.348 e. The molecule has 0 bridgehead atoms. The molecule has 0 spiro atoms. The average molecular weight is 361 g/mol. The lowest BCUT2D eigenvalue weighted by Gasteiger charge is -2.43. The maximum absolute atomic E-state index is 12.5. The van der Waals surface area contributed by atoms with E-state index < -0.39 is 17.8 Å². The summed E-state index contributed by atoms with van der Waals surface area (Å²) in [5.74, 6) is 0.395. The molecule has 5 nitrogen and oxygen atoms in total. The molecule has 1 aliphatic rings. The third-order valence-corrected chi connectivity index (χ3v) is 5.09. The monoisotopic (exact) mass is 361 g/mol. The van der Waals surface area contributed by atoms with Crippen molar-refractivity contribution in [2.45, 2.75) is 38.6 Å². The quantitative estimate of drug-likeness (QED) is 0.806. The molecule has 6 heteroatoms. The molecule has 134 valence electrons. The van der Waals surface area contributed by atoms with Crippen LogP contribution in [0.3, 0.4) is 0 Å². The van der Waals surface area contributed by atoms with E-state index in [9.17, 15) is 4.79 Å². The predicted molar refractivity (Wildman–Crippen MR) is 98.6 cm³/mol. The zero-order valence-electron chi connectivity index (χ0n) is 14.9. The highest BCUT2D eigenvalue weighted by Crippen LogP contribution is 2.44. The summed E-state index contributed by atoms with van der Waals surface area (Å²) in [6.45, 7) is 6.68. The maximum atomic E-state index is 12.5. The molecule has 25 heavy (non-hydrogen) atoms. The van der Waals surface area contributed by atoms with Gasteiger partial charge in [-0.25, -0.2) is 4.79 Å². The summed E-state index contributed by atoms with van der Waals surface area (Å²) in [4.78, 5) is 13.0. The number of fused-ring (bicyclic) bond motifs is 1. The fourth-order valence-electron chi connectivity index (χ4n) is 3.07. The minimum Gasteiger partial charge on any atom is -0.483 e. The highest BCUT2D eigenvalue weighted by molar-refractivity contribution is 7.11. The fraction of sp³-hybridized carbons (Fsp3) is 0.421. The Bertz CT molecular complexity index is 742. The first-order chi connectivity index (χ1) is 12.0. The van der Waals surface area contributed by atoms with E-state index in [4.69, 9.17) is 14.2 Å². The molecule has 1 N–H and O–H groups in total. The third kappa shape index (κ3) is 3.50. The predicted octanol–water partition coefficient (Wildman–Crippen LogP) is 4.26. The van der Waals surface area contributed by atoms with Crippen LogP contribution in [-0.4, -0.2) is 31.3 Å². The van der Waals surface area contributed by atoms with Crippen LogP contribution in [0.25, 0.3) is 0 Å². The van der Waals surface area contributed by atoms with E-state index in [1.165, 1.54) is 11.3 Å². The van der Waals surface area contributed by atoms with Crippen molar-refractivity contribution >= 4 is 23.0 Å². The Morgan fingerprint density at radius 3 is 2.80 bits per heavy atom. The number of esters is 1. The summed E-state index contributed by atoms with van der Waals surface area (Å²) in [6.07, 6.45) is -0.960. The summed E-state index contributed by atoms with van der Waals surface area (Å²) >= 11 is 1.36. The van der Waals surface area contributed by atoms with Crippen molar-refractivity contribution in [3.63, 3.8) is 0 Å². The SMILES string of the molecule is CCNc1ccc2c(c1)C(OC)C(OC(=O)c1cccs1)C(C)(C)O2. The van der Waals surface area contributed by atoms with Crippen LogP contribution in [0.15, 0.2) is 35.7 Å². The molecule has 0 saturated heterocycles. The Morgan fingerprint density at radius 2 is 2.16 bits per heavy atom. The van der Waals surface area contributed by atoms with Gasteiger partial charge in [0.15, 0.2) is 6.10 Å². The van der Waals surface area contributed by atoms with Crippen LogP contribution in [0.4, 0.5) is 5.69 Å². The molecule has 1 aromatic carbocycles. The van der Waals surface area contributed by atoms with Crippen LogP contribution in [0.1, 0.15) is 42.1 Å². The van der Waals surface area contributed by atoms with Gasteiger partial charge in [-0.15, -0.1) is 11.3 Å². The van der Waals surface area contributed by atoms with Gasteiger partial charge in [-0.05, 0) is 50.4 Å². The number of carbonyl (C=O) groups excluding carboxylic acids is 1. The zero-order chi connectivity index (χ0) is 18.0. The van der Waals surface area contributed by atoms with Gasteiger partial charge in [-0.1, -0.05) is 6.07 Å². The Balaban J connectivity index is 1.94. The van der Waals surface area contributed by atoms with Crippen molar-refractivity contribution < 1.29 is 19.0 Å². The molecule has 0 radical (unpaired) electrons. The van der Waals surface area contributed by atoms with E-state index in [1.54, 1.807) is 13.2 Å². The van der Waals surface area contributed by atoms with Crippen LogP contribution >= 0.6 is 11.3 Å². The van der Waals surface area contributed by atoms with Gasteiger partial charge in [0.25, 0.3) is 0 Å². The standard InChI is InChI=1S/C19H23NO4S/c1-5-20-12-8-9-14-13(11-12)16(22-4)17(19(2,3)24-14)23-18(21)15-7-6-10-25-15/h6-11,16-17,20H,5H2,1-4H3. The van der Waals surface area contributed by atoms with Crippen molar-refractivity contribution in [3.05, 3.63) is 46.2 Å². The highest BCUT2D eigenvalue weighted by Gasteiger charge is 2.47. The molecule has 1 aliphatic heterocycles. The van der Waals surface area contributed by atoms with E-state index in [0.29, 0.717) is 4.88 Å². The van der Waals surface area contributed by atoms with Crippen molar-refractivity contribution in [1.29, 1.82) is 0 Å². The van der Waals surface area contributed by atoms with Gasteiger partial charge < -0.3 is 19.5 Å². The van der Waals surface area contributed by atoms with E-state index in [1.807, 2.05) is 50.4 Å². The van der Waals surface area contributed by atoms with Gasteiger partial charge in [0, 0.05) is 24.9 Å². The van der Waals surface area contributed by atoms with E-state index in [0.717, 1.165) is 23.5 Å². The van der Waals surface area contributed by atoms with Crippen molar-refractivity contribution in [2.75, 3.05) is 19.0 Å². The van der Waals surface area contributed by atoms with Crippen LogP contribution < -0.4 is 10.1 Å². The van der Waals surface area contributed by atoms with Crippen molar-refractivity contribution in [3.8, 4) is 5.75 Å². The van der Waals surface area contributed by atoms with Gasteiger partial charge in [-0.3, -0.25) is 0 Å². The van der Waals surface area contributed by atoms with Crippen molar-refractivity contribution in [1.82, 2.24) is 0 Å². The Hall–Kier alpha value is -2.05. The Morgan fingerprint density at radius 1 is 1.36 bits per heavy atom. The zero-order valence-corrected chi connectivity index (χ0v) is 15.7. The van der Waals surface area contributed by atoms with E-state index in [-0.39, 0.29) is 5.97 Å². The first-order valence-electron chi connectivity index (χ1n) is 8.30. The molecule has 0 fully saturated rings. The molecule has 2 atom stereocenters. The summed E-state index contributed by atoms with van der Waals surface area (Å²) in [7, 11) is 1.63. The lowest BCUT2D eigenvalue weighted by atomic mass is 9.88. The summed E-state index contributed by atoms with van der Waals surface area (Å²) < 4.78 is 17.7.